The lowest BCUT2D eigenvalue weighted by Crippen LogP contribution is -2.52. The van der Waals surface area contributed by atoms with Gasteiger partial charge in [0.25, 0.3) is 0 Å². The highest BCUT2D eigenvalue weighted by Gasteiger charge is 2.29. The van der Waals surface area contributed by atoms with Gasteiger partial charge < -0.3 is 15.5 Å². The normalized spacial score (nSPS) is 32.4. The lowest BCUT2D eigenvalue weighted by atomic mass is 9.94. The largest absolute Gasteiger partial charge is 0.340 e. The Kier molecular flexibility index (Phi) is 3.82. The van der Waals surface area contributed by atoms with Gasteiger partial charge in [-0.15, -0.1) is 0 Å². The molecule has 0 radical (unpaired) electrons. The van der Waals surface area contributed by atoms with Crippen molar-refractivity contribution in [3.05, 3.63) is 0 Å². The van der Waals surface area contributed by atoms with Crippen molar-refractivity contribution >= 4 is 5.91 Å². The van der Waals surface area contributed by atoms with E-state index >= 15 is 0 Å². The maximum Gasteiger partial charge on any atom is 0.222 e. The van der Waals surface area contributed by atoms with Gasteiger partial charge in [0.15, 0.2) is 0 Å². The molecule has 2 N–H and O–H groups in total. The predicted molar refractivity (Wildman–Crippen MR) is 64.0 cm³/mol. The second kappa shape index (κ2) is 5.15. The molecular formula is C12H23N3O. The van der Waals surface area contributed by atoms with Gasteiger partial charge in [0.1, 0.15) is 0 Å². The minimum Gasteiger partial charge on any atom is -0.340 e. The molecule has 92 valence electrons. The van der Waals surface area contributed by atoms with Crippen LogP contribution < -0.4 is 5.73 Å². The van der Waals surface area contributed by atoms with Crippen molar-refractivity contribution in [1.82, 2.24) is 9.80 Å². The topological polar surface area (TPSA) is 49.6 Å². The third kappa shape index (κ3) is 2.74. The predicted octanol–water partition coefficient (Wildman–Crippen LogP) is 0.278. The first kappa shape index (κ1) is 11.9. The van der Waals surface area contributed by atoms with Gasteiger partial charge in [0.2, 0.25) is 5.91 Å². The molecule has 0 saturated carbocycles. The first-order chi connectivity index (χ1) is 7.66. The van der Waals surface area contributed by atoms with E-state index in [0.29, 0.717) is 12.3 Å². The smallest absolute Gasteiger partial charge is 0.222 e. The Morgan fingerprint density at radius 3 is 2.69 bits per heavy atom. The van der Waals surface area contributed by atoms with Crippen LogP contribution in [0.2, 0.25) is 0 Å². The van der Waals surface area contributed by atoms with Crippen LogP contribution in [0.15, 0.2) is 0 Å². The number of hydrogen-bond acceptors (Lipinski definition) is 3. The van der Waals surface area contributed by atoms with Crippen LogP contribution >= 0.6 is 0 Å². The second-order valence-electron chi connectivity index (χ2n) is 5.23. The van der Waals surface area contributed by atoms with Crippen LogP contribution in [-0.2, 0) is 4.79 Å². The quantitative estimate of drug-likeness (QED) is 0.750. The Morgan fingerprint density at radius 1 is 1.31 bits per heavy atom. The molecule has 0 spiro atoms. The van der Waals surface area contributed by atoms with Crippen molar-refractivity contribution in [2.24, 2.45) is 11.7 Å². The SMILES string of the molecule is CC1CC(=O)N(CCN2CCCC2)CC1N. The molecule has 2 rings (SSSR count). The molecule has 2 fully saturated rings. The van der Waals surface area contributed by atoms with Crippen molar-refractivity contribution in [1.29, 1.82) is 0 Å². The minimum absolute atomic E-state index is 0.163. The maximum absolute atomic E-state index is 11.8. The van der Waals surface area contributed by atoms with E-state index in [4.69, 9.17) is 5.73 Å². The van der Waals surface area contributed by atoms with E-state index in [1.54, 1.807) is 0 Å². The maximum atomic E-state index is 11.8. The van der Waals surface area contributed by atoms with Crippen molar-refractivity contribution in [2.75, 3.05) is 32.7 Å². The first-order valence-electron chi connectivity index (χ1n) is 6.42. The van der Waals surface area contributed by atoms with E-state index in [-0.39, 0.29) is 11.9 Å². The fourth-order valence-corrected chi connectivity index (χ4v) is 2.58. The summed E-state index contributed by atoms with van der Waals surface area (Å²) in [6, 6.07) is 0.163. The summed E-state index contributed by atoms with van der Waals surface area (Å²) in [6.07, 6.45) is 3.25. The lowest BCUT2D eigenvalue weighted by Gasteiger charge is -2.35. The molecule has 2 saturated heterocycles. The number of rotatable bonds is 3. The number of likely N-dealkylation sites (tertiary alicyclic amines) is 2. The highest BCUT2D eigenvalue weighted by molar-refractivity contribution is 5.77. The van der Waals surface area contributed by atoms with Gasteiger partial charge in [-0.05, 0) is 31.8 Å². The standard InChI is InChI=1S/C12H23N3O/c1-10-8-12(16)15(9-11(10)13)7-6-14-4-2-3-5-14/h10-11H,2-9,13H2,1H3. The summed E-state index contributed by atoms with van der Waals surface area (Å²) in [5.74, 6) is 0.629. The summed E-state index contributed by atoms with van der Waals surface area (Å²) in [6.45, 7) is 7.09. The van der Waals surface area contributed by atoms with E-state index in [1.165, 1.54) is 25.9 Å². The monoisotopic (exact) mass is 225 g/mol. The van der Waals surface area contributed by atoms with Crippen molar-refractivity contribution in [3.8, 4) is 0 Å². The Labute approximate surface area is 97.8 Å². The van der Waals surface area contributed by atoms with E-state index in [9.17, 15) is 4.79 Å². The third-order valence-electron chi connectivity index (χ3n) is 3.90. The molecule has 4 heteroatoms. The highest BCUT2D eigenvalue weighted by atomic mass is 16.2. The molecule has 2 aliphatic rings. The van der Waals surface area contributed by atoms with Crippen LogP contribution in [0.4, 0.5) is 0 Å². The number of piperidine rings is 1. The molecule has 2 unspecified atom stereocenters. The van der Waals surface area contributed by atoms with Gasteiger partial charge in [0, 0.05) is 32.1 Å². The van der Waals surface area contributed by atoms with Crippen molar-refractivity contribution < 1.29 is 4.79 Å². The summed E-state index contributed by atoms with van der Waals surface area (Å²) in [5.41, 5.74) is 6.01. The van der Waals surface area contributed by atoms with Crippen LogP contribution in [0.25, 0.3) is 0 Å². The van der Waals surface area contributed by atoms with Crippen LogP contribution in [0.1, 0.15) is 26.2 Å². The number of nitrogens with zero attached hydrogens (tertiary/aromatic N) is 2. The molecule has 2 heterocycles. The molecular weight excluding hydrogens is 202 g/mol. The Balaban J connectivity index is 1.77. The molecule has 2 aliphatic heterocycles. The van der Waals surface area contributed by atoms with Crippen LogP contribution in [0.5, 0.6) is 0 Å². The van der Waals surface area contributed by atoms with E-state index in [1.807, 2.05) is 4.90 Å². The summed E-state index contributed by atoms with van der Waals surface area (Å²) >= 11 is 0. The Hall–Kier alpha value is -0.610. The zero-order valence-corrected chi connectivity index (χ0v) is 10.2. The molecule has 4 nitrogen and oxygen atoms in total. The molecule has 0 aromatic rings. The van der Waals surface area contributed by atoms with Crippen molar-refractivity contribution in [3.63, 3.8) is 0 Å². The summed E-state index contributed by atoms with van der Waals surface area (Å²) in [7, 11) is 0. The molecule has 0 bridgehead atoms. The number of nitrogens with two attached hydrogens (primary N) is 1. The number of amides is 1. The minimum atomic E-state index is 0.163. The van der Waals surface area contributed by atoms with Crippen LogP contribution in [-0.4, -0.2) is 54.5 Å². The number of carbonyl (C=O) groups is 1. The van der Waals surface area contributed by atoms with Gasteiger partial charge >= 0.3 is 0 Å². The Morgan fingerprint density at radius 2 is 2.00 bits per heavy atom. The number of carbonyl (C=O) groups excluding carboxylic acids is 1. The van der Waals surface area contributed by atoms with Crippen molar-refractivity contribution in [2.45, 2.75) is 32.2 Å². The average Bonchev–Trinajstić information content (AvgIpc) is 2.74. The van der Waals surface area contributed by atoms with Gasteiger partial charge in [-0.1, -0.05) is 6.92 Å². The molecule has 16 heavy (non-hydrogen) atoms. The Bertz CT molecular complexity index is 251. The number of hydrogen-bond donors (Lipinski definition) is 1. The second-order valence-corrected chi connectivity index (χ2v) is 5.23. The van der Waals surface area contributed by atoms with Gasteiger partial charge in [-0.25, -0.2) is 0 Å². The fourth-order valence-electron chi connectivity index (χ4n) is 2.58. The molecule has 1 amide bonds. The third-order valence-corrected chi connectivity index (χ3v) is 3.90. The van der Waals surface area contributed by atoms with E-state index < -0.39 is 0 Å². The average molecular weight is 225 g/mol. The zero-order chi connectivity index (χ0) is 11.5. The van der Waals surface area contributed by atoms with Crippen LogP contribution in [0, 0.1) is 5.92 Å². The van der Waals surface area contributed by atoms with E-state index in [2.05, 4.69) is 11.8 Å². The molecule has 0 aliphatic carbocycles. The van der Waals surface area contributed by atoms with Gasteiger partial charge in [0.05, 0.1) is 0 Å². The van der Waals surface area contributed by atoms with Gasteiger partial charge in [-0.2, -0.15) is 0 Å². The van der Waals surface area contributed by atoms with E-state index in [0.717, 1.165) is 19.6 Å². The zero-order valence-electron chi connectivity index (χ0n) is 10.2. The molecule has 2 atom stereocenters. The molecule has 0 aromatic carbocycles. The molecule has 0 aromatic heterocycles. The first-order valence-corrected chi connectivity index (χ1v) is 6.42. The lowest BCUT2D eigenvalue weighted by molar-refractivity contribution is -0.135. The summed E-state index contributed by atoms with van der Waals surface area (Å²) < 4.78 is 0. The highest BCUT2D eigenvalue weighted by Crippen LogP contribution is 2.17. The fraction of sp³-hybridized carbons (Fsp3) is 0.917. The summed E-state index contributed by atoms with van der Waals surface area (Å²) in [4.78, 5) is 16.2. The summed E-state index contributed by atoms with van der Waals surface area (Å²) in [5, 5.41) is 0. The van der Waals surface area contributed by atoms with Gasteiger partial charge in [-0.3, -0.25) is 4.79 Å². The van der Waals surface area contributed by atoms with Crippen LogP contribution in [0.3, 0.4) is 0 Å².